The lowest BCUT2D eigenvalue weighted by Gasteiger charge is -2.07. The van der Waals surface area contributed by atoms with Crippen LogP contribution in [0.4, 0.5) is 5.82 Å². The van der Waals surface area contributed by atoms with Crippen molar-refractivity contribution in [3.63, 3.8) is 0 Å². The van der Waals surface area contributed by atoms with E-state index in [1.54, 1.807) is 12.1 Å². The zero-order valence-corrected chi connectivity index (χ0v) is 11.7. The third-order valence-electron chi connectivity index (χ3n) is 2.62. The molecule has 0 spiro atoms. The van der Waals surface area contributed by atoms with Crippen LogP contribution in [0.15, 0.2) is 36.4 Å². The molecule has 1 amide bonds. The first kappa shape index (κ1) is 13.6. The molecule has 0 aliphatic rings. The number of halogens is 1. The summed E-state index contributed by atoms with van der Waals surface area (Å²) in [7, 11) is 0. The van der Waals surface area contributed by atoms with Gasteiger partial charge in [0.05, 0.1) is 6.42 Å². The van der Waals surface area contributed by atoms with E-state index in [1.807, 2.05) is 38.1 Å². The lowest BCUT2D eigenvalue weighted by atomic mass is 10.1. The number of hydrogen-bond donors (Lipinski definition) is 1. The first-order valence-electron chi connectivity index (χ1n) is 6.02. The van der Waals surface area contributed by atoms with Crippen LogP contribution in [0.25, 0.3) is 0 Å². The van der Waals surface area contributed by atoms with E-state index in [2.05, 4.69) is 10.3 Å². The van der Waals surface area contributed by atoms with Gasteiger partial charge in [-0.2, -0.15) is 0 Å². The van der Waals surface area contributed by atoms with E-state index in [1.165, 1.54) is 0 Å². The maximum atomic E-state index is 11.9. The van der Waals surface area contributed by atoms with Crippen molar-refractivity contribution in [2.45, 2.75) is 20.3 Å². The number of nitrogens with zero attached hydrogens (tertiary/aromatic N) is 1. The van der Waals surface area contributed by atoms with Crippen LogP contribution in [0.5, 0.6) is 0 Å². The highest BCUT2D eigenvalue weighted by Crippen LogP contribution is 2.13. The minimum absolute atomic E-state index is 0.0974. The highest BCUT2D eigenvalue weighted by Gasteiger charge is 2.06. The monoisotopic (exact) mass is 274 g/mol. The summed E-state index contributed by atoms with van der Waals surface area (Å²) in [5, 5.41) is 3.43. The third kappa shape index (κ3) is 4.07. The quantitative estimate of drug-likeness (QED) is 0.930. The molecule has 1 heterocycles. The average Bonchev–Trinajstić information content (AvgIpc) is 2.26. The molecule has 2 rings (SSSR count). The number of nitrogens with one attached hydrogen (secondary N) is 1. The number of pyridine rings is 1. The van der Waals surface area contributed by atoms with Gasteiger partial charge in [0, 0.05) is 10.7 Å². The number of carbonyl (C=O) groups is 1. The molecular weight excluding hydrogens is 260 g/mol. The van der Waals surface area contributed by atoms with Gasteiger partial charge < -0.3 is 5.32 Å². The molecule has 2 aromatic rings. The SMILES string of the molecule is Cc1cc(C)nc(NC(=O)Cc2cccc(Cl)c2)c1. The van der Waals surface area contributed by atoms with Gasteiger partial charge in [0.25, 0.3) is 0 Å². The summed E-state index contributed by atoms with van der Waals surface area (Å²) in [6.07, 6.45) is 0.287. The molecule has 1 aromatic carbocycles. The molecule has 0 bridgehead atoms. The van der Waals surface area contributed by atoms with Gasteiger partial charge in [-0.05, 0) is 49.2 Å². The Morgan fingerprint density at radius 3 is 2.74 bits per heavy atom. The Kier molecular flexibility index (Phi) is 4.17. The van der Waals surface area contributed by atoms with E-state index in [0.717, 1.165) is 16.8 Å². The molecule has 0 aliphatic carbocycles. The Morgan fingerprint density at radius 1 is 1.26 bits per heavy atom. The van der Waals surface area contributed by atoms with Crippen LogP contribution in [-0.4, -0.2) is 10.9 Å². The predicted octanol–water partition coefficient (Wildman–Crippen LogP) is 3.53. The van der Waals surface area contributed by atoms with Gasteiger partial charge in [-0.25, -0.2) is 4.98 Å². The smallest absolute Gasteiger partial charge is 0.229 e. The van der Waals surface area contributed by atoms with E-state index >= 15 is 0 Å². The largest absolute Gasteiger partial charge is 0.310 e. The maximum absolute atomic E-state index is 11.9. The minimum atomic E-state index is -0.0974. The lowest BCUT2D eigenvalue weighted by molar-refractivity contribution is -0.115. The molecule has 1 N–H and O–H groups in total. The van der Waals surface area contributed by atoms with E-state index in [0.29, 0.717) is 10.8 Å². The van der Waals surface area contributed by atoms with Gasteiger partial charge in [-0.3, -0.25) is 4.79 Å². The molecule has 98 valence electrons. The molecule has 0 fully saturated rings. The number of benzene rings is 1. The summed E-state index contributed by atoms with van der Waals surface area (Å²) in [6, 6.07) is 11.1. The van der Waals surface area contributed by atoms with Crippen LogP contribution < -0.4 is 5.32 Å². The van der Waals surface area contributed by atoms with E-state index < -0.39 is 0 Å². The molecule has 0 unspecified atom stereocenters. The normalized spacial score (nSPS) is 10.3. The molecule has 0 saturated carbocycles. The summed E-state index contributed by atoms with van der Waals surface area (Å²) in [5.74, 6) is 0.490. The van der Waals surface area contributed by atoms with Crippen molar-refractivity contribution in [1.29, 1.82) is 0 Å². The van der Waals surface area contributed by atoms with Gasteiger partial charge in [0.2, 0.25) is 5.91 Å². The maximum Gasteiger partial charge on any atom is 0.229 e. The highest BCUT2D eigenvalue weighted by molar-refractivity contribution is 6.30. The summed E-state index contributed by atoms with van der Waals surface area (Å²) in [5.41, 5.74) is 2.85. The molecule has 0 radical (unpaired) electrons. The molecule has 1 aromatic heterocycles. The Hall–Kier alpha value is -1.87. The van der Waals surface area contributed by atoms with Crippen molar-refractivity contribution in [2.24, 2.45) is 0 Å². The second-order valence-corrected chi connectivity index (χ2v) is 4.96. The van der Waals surface area contributed by atoms with Crippen LogP contribution in [0.2, 0.25) is 5.02 Å². The van der Waals surface area contributed by atoms with Crippen molar-refractivity contribution in [3.8, 4) is 0 Å². The number of amides is 1. The number of rotatable bonds is 3. The second kappa shape index (κ2) is 5.85. The third-order valence-corrected chi connectivity index (χ3v) is 2.85. The fraction of sp³-hybridized carbons (Fsp3) is 0.200. The number of anilines is 1. The molecule has 0 atom stereocenters. The first-order valence-corrected chi connectivity index (χ1v) is 6.40. The fourth-order valence-corrected chi connectivity index (χ4v) is 2.14. The Labute approximate surface area is 117 Å². The fourth-order valence-electron chi connectivity index (χ4n) is 1.92. The number of aryl methyl sites for hydroxylation is 2. The Morgan fingerprint density at radius 2 is 2.05 bits per heavy atom. The molecular formula is C15H15ClN2O. The van der Waals surface area contributed by atoms with Gasteiger partial charge in [0.15, 0.2) is 0 Å². The van der Waals surface area contributed by atoms with Crippen LogP contribution in [0.1, 0.15) is 16.8 Å². The predicted molar refractivity (Wildman–Crippen MR) is 77.5 cm³/mol. The van der Waals surface area contributed by atoms with Crippen LogP contribution in [0, 0.1) is 13.8 Å². The Balaban J connectivity index is 2.05. The molecule has 3 nitrogen and oxygen atoms in total. The van der Waals surface area contributed by atoms with Gasteiger partial charge >= 0.3 is 0 Å². The molecule has 0 aliphatic heterocycles. The zero-order chi connectivity index (χ0) is 13.8. The van der Waals surface area contributed by atoms with Crippen molar-refractivity contribution in [1.82, 2.24) is 4.98 Å². The minimum Gasteiger partial charge on any atom is -0.310 e. The summed E-state index contributed by atoms with van der Waals surface area (Å²) in [6.45, 7) is 3.88. The molecule has 0 saturated heterocycles. The van der Waals surface area contributed by atoms with Crippen molar-refractivity contribution in [2.75, 3.05) is 5.32 Å². The van der Waals surface area contributed by atoms with E-state index in [4.69, 9.17) is 11.6 Å². The number of carbonyl (C=O) groups excluding carboxylic acids is 1. The number of hydrogen-bond acceptors (Lipinski definition) is 2. The van der Waals surface area contributed by atoms with Crippen LogP contribution >= 0.6 is 11.6 Å². The lowest BCUT2D eigenvalue weighted by Crippen LogP contribution is -2.15. The van der Waals surface area contributed by atoms with Gasteiger partial charge in [-0.15, -0.1) is 0 Å². The molecule has 19 heavy (non-hydrogen) atoms. The average molecular weight is 275 g/mol. The van der Waals surface area contributed by atoms with E-state index in [9.17, 15) is 4.79 Å². The standard InChI is InChI=1S/C15H15ClN2O/c1-10-6-11(2)17-14(7-10)18-15(19)9-12-4-3-5-13(16)8-12/h3-8H,9H2,1-2H3,(H,17,18,19). The van der Waals surface area contributed by atoms with Crippen LogP contribution in [-0.2, 0) is 11.2 Å². The summed E-state index contributed by atoms with van der Waals surface area (Å²) in [4.78, 5) is 16.2. The summed E-state index contributed by atoms with van der Waals surface area (Å²) < 4.78 is 0. The second-order valence-electron chi connectivity index (χ2n) is 4.53. The molecule has 4 heteroatoms. The zero-order valence-electron chi connectivity index (χ0n) is 10.9. The van der Waals surface area contributed by atoms with Crippen molar-refractivity contribution < 1.29 is 4.79 Å². The first-order chi connectivity index (χ1) is 9.02. The van der Waals surface area contributed by atoms with Crippen molar-refractivity contribution >= 4 is 23.3 Å². The van der Waals surface area contributed by atoms with Crippen LogP contribution in [0.3, 0.4) is 0 Å². The summed E-state index contributed by atoms with van der Waals surface area (Å²) >= 11 is 5.89. The highest BCUT2D eigenvalue weighted by atomic mass is 35.5. The van der Waals surface area contributed by atoms with E-state index in [-0.39, 0.29) is 12.3 Å². The van der Waals surface area contributed by atoms with Gasteiger partial charge in [0.1, 0.15) is 5.82 Å². The van der Waals surface area contributed by atoms with Crippen molar-refractivity contribution in [3.05, 3.63) is 58.2 Å². The van der Waals surface area contributed by atoms with Gasteiger partial charge in [-0.1, -0.05) is 23.7 Å². The number of aromatic nitrogens is 1. The topological polar surface area (TPSA) is 42.0 Å². The Bertz CT molecular complexity index is 591.